The minimum atomic E-state index is -1.01. The fourth-order valence-electron chi connectivity index (χ4n) is 0.869. The zero-order valence-electron chi connectivity index (χ0n) is 6.34. The van der Waals surface area contributed by atoms with E-state index in [-0.39, 0.29) is 6.42 Å². The summed E-state index contributed by atoms with van der Waals surface area (Å²) in [6.07, 6.45) is 1.82. The van der Waals surface area contributed by atoms with Crippen molar-refractivity contribution in [2.24, 2.45) is 0 Å². The number of aromatic nitrogens is 1. The molecule has 0 saturated carbocycles. The molecule has 64 valence electrons. The lowest BCUT2D eigenvalue weighted by Crippen LogP contribution is -2.05. The van der Waals surface area contributed by atoms with E-state index < -0.39 is 12.1 Å². The number of rotatable bonds is 3. The normalized spacial score (nSPS) is 12.4. The topological polar surface area (TPSA) is 70.4 Å². The van der Waals surface area contributed by atoms with Crippen molar-refractivity contribution in [2.75, 3.05) is 0 Å². The molecule has 0 amide bonds. The third-order valence-electron chi connectivity index (χ3n) is 1.46. The number of aliphatic carboxylic acids is 1. The Kier molecular flexibility index (Phi) is 2.76. The first kappa shape index (κ1) is 8.67. The second-order valence-electron chi connectivity index (χ2n) is 2.39. The van der Waals surface area contributed by atoms with Crippen molar-refractivity contribution in [3.63, 3.8) is 0 Å². The van der Waals surface area contributed by atoms with Crippen LogP contribution in [0.2, 0.25) is 0 Å². The van der Waals surface area contributed by atoms with E-state index in [1.165, 1.54) is 12.4 Å². The highest BCUT2D eigenvalue weighted by Crippen LogP contribution is 2.14. The lowest BCUT2D eigenvalue weighted by atomic mass is 10.1. The van der Waals surface area contributed by atoms with Crippen molar-refractivity contribution in [1.29, 1.82) is 0 Å². The van der Waals surface area contributed by atoms with Gasteiger partial charge in [-0.2, -0.15) is 0 Å². The molecule has 0 aromatic carbocycles. The summed E-state index contributed by atoms with van der Waals surface area (Å²) in [7, 11) is 0. The monoisotopic (exact) mass is 167 g/mol. The van der Waals surface area contributed by atoms with Gasteiger partial charge < -0.3 is 10.2 Å². The van der Waals surface area contributed by atoms with Crippen LogP contribution in [0.25, 0.3) is 0 Å². The maximum Gasteiger partial charge on any atom is 0.306 e. The molecular formula is C8H9NO3. The molecule has 12 heavy (non-hydrogen) atoms. The number of hydrogen-bond donors (Lipinski definition) is 2. The maximum atomic E-state index is 10.2. The maximum absolute atomic E-state index is 10.2. The van der Waals surface area contributed by atoms with Crippen LogP contribution in [0.3, 0.4) is 0 Å². The van der Waals surface area contributed by atoms with Crippen LogP contribution in [-0.2, 0) is 4.79 Å². The first-order valence-corrected chi connectivity index (χ1v) is 3.50. The number of carboxylic acids is 1. The van der Waals surface area contributed by atoms with Crippen molar-refractivity contribution in [3.05, 3.63) is 30.1 Å². The van der Waals surface area contributed by atoms with Gasteiger partial charge in [0.25, 0.3) is 0 Å². The summed E-state index contributed by atoms with van der Waals surface area (Å²) < 4.78 is 0. The Labute approximate surface area is 69.5 Å². The zero-order chi connectivity index (χ0) is 8.97. The van der Waals surface area contributed by atoms with Crippen molar-refractivity contribution in [1.82, 2.24) is 4.98 Å². The van der Waals surface area contributed by atoms with Crippen molar-refractivity contribution >= 4 is 5.97 Å². The molecule has 0 fully saturated rings. The first-order valence-electron chi connectivity index (χ1n) is 3.50. The zero-order valence-corrected chi connectivity index (χ0v) is 6.34. The van der Waals surface area contributed by atoms with Crippen LogP contribution in [0.5, 0.6) is 0 Å². The SMILES string of the molecule is O=C(O)C[C@@H](O)c1ccncc1. The fourth-order valence-corrected chi connectivity index (χ4v) is 0.869. The Bertz CT molecular complexity index is 260. The molecule has 0 aliphatic carbocycles. The van der Waals surface area contributed by atoms with E-state index in [1.54, 1.807) is 12.1 Å². The van der Waals surface area contributed by atoms with Crippen LogP contribution < -0.4 is 0 Å². The lowest BCUT2D eigenvalue weighted by Gasteiger charge is -2.06. The molecular weight excluding hydrogens is 158 g/mol. The molecule has 0 spiro atoms. The number of aliphatic hydroxyl groups excluding tert-OH is 1. The van der Waals surface area contributed by atoms with Gasteiger partial charge in [0, 0.05) is 12.4 Å². The minimum absolute atomic E-state index is 0.274. The number of carbonyl (C=O) groups is 1. The van der Waals surface area contributed by atoms with Gasteiger partial charge in [-0.25, -0.2) is 0 Å². The van der Waals surface area contributed by atoms with E-state index >= 15 is 0 Å². The van der Waals surface area contributed by atoms with E-state index in [9.17, 15) is 9.90 Å². The highest BCUT2D eigenvalue weighted by Gasteiger charge is 2.10. The van der Waals surface area contributed by atoms with Gasteiger partial charge in [-0.3, -0.25) is 9.78 Å². The van der Waals surface area contributed by atoms with Crippen LogP contribution in [0.1, 0.15) is 18.1 Å². The summed E-state index contributed by atoms with van der Waals surface area (Å²) in [5.41, 5.74) is 0.576. The first-order chi connectivity index (χ1) is 5.70. The van der Waals surface area contributed by atoms with Gasteiger partial charge in [0.05, 0.1) is 12.5 Å². The second kappa shape index (κ2) is 3.82. The van der Waals surface area contributed by atoms with E-state index in [4.69, 9.17) is 5.11 Å². The van der Waals surface area contributed by atoms with E-state index in [0.29, 0.717) is 5.56 Å². The summed E-state index contributed by atoms with van der Waals surface area (Å²) in [5.74, 6) is -1.01. The molecule has 0 aliphatic heterocycles. The summed E-state index contributed by atoms with van der Waals surface area (Å²) in [4.78, 5) is 14.0. The highest BCUT2D eigenvalue weighted by molar-refractivity contribution is 5.67. The molecule has 2 N–H and O–H groups in total. The summed E-state index contributed by atoms with van der Waals surface area (Å²) in [5, 5.41) is 17.7. The predicted molar refractivity (Wildman–Crippen MR) is 41.4 cm³/mol. The van der Waals surface area contributed by atoms with Crippen LogP contribution >= 0.6 is 0 Å². The number of carboxylic acid groups (broad SMARTS) is 1. The van der Waals surface area contributed by atoms with E-state index in [1.807, 2.05) is 0 Å². The smallest absolute Gasteiger partial charge is 0.306 e. The Morgan fingerprint density at radius 2 is 2.08 bits per heavy atom. The highest BCUT2D eigenvalue weighted by atomic mass is 16.4. The number of hydrogen-bond acceptors (Lipinski definition) is 3. The van der Waals surface area contributed by atoms with Crippen molar-refractivity contribution < 1.29 is 15.0 Å². The Morgan fingerprint density at radius 1 is 1.50 bits per heavy atom. The summed E-state index contributed by atoms with van der Waals surface area (Å²) >= 11 is 0. The Balaban J connectivity index is 2.65. The van der Waals surface area contributed by atoms with Crippen LogP contribution in [0.15, 0.2) is 24.5 Å². The summed E-state index contributed by atoms with van der Waals surface area (Å²) in [6.45, 7) is 0. The molecule has 1 atom stereocenters. The molecule has 0 unspecified atom stereocenters. The van der Waals surface area contributed by atoms with Gasteiger partial charge in [-0.15, -0.1) is 0 Å². The van der Waals surface area contributed by atoms with Gasteiger partial charge in [0.2, 0.25) is 0 Å². The molecule has 0 aliphatic rings. The largest absolute Gasteiger partial charge is 0.481 e. The minimum Gasteiger partial charge on any atom is -0.481 e. The van der Waals surface area contributed by atoms with Crippen molar-refractivity contribution in [2.45, 2.75) is 12.5 Å². The average Bonchev–Trinajstić information content (AvgIpc) is 2.05. The second-order valence-corrected chi connectivity index (χ2v) is 2.39. The third kappa shape index (κ3) is 2.32. The van der Waals surface area contributed by atoms with Gasteiger partial charge in [0.1, 0.15) is 0 Å². The van der Waals surface area contributed by atoms with Crippen LogP contribution in [-0.4, -0.2) is 21.2 Å². The number of aliphatic hydroxyl groups is 1. The number of pyridine rings is 1. The molecule has 4 nitrogen and oxygen atoms in total. The molecule has 1 aromatic rings. The summed E-state index contributed by atoms with van der Waals surface area (Å²) in [6, 6.07) is 3.18. The van der Waals surface area contributed by atoms with Gasteiger partial charge in [-0.05, 0) is 17.7 Å². The Hall–Kier alpha value is -1.42. The molecule has 0 bridgehead atoms. The van der Waals surface area contributed by atoms with E-state index in [0.717, 1.165) is 0 Å². The fraction of sp³-hybridized carbons (Fsp3) is 0.250. The third-order valence-corrected chi connectivity index (χ3v) is 1.46. The molecule has 0 radical (unpaired) electrons. The number of nitrogens with zero attached hydrogens (tertiary/aromatic N) is 1. The molecule has 1 rings (SSSR count). The van der Waals surface area contributed by atoms with Crippen LogP contribution in [0.4, 0.5) is 0 Å². The molecule has 1 heterocycles. The van der Waals surface area contributed by atoms with Gasteiger partial charge in [0.15, 0.2) is 0 Å². The van der Waals surface area contributed by atoms with Gasteiger partial charge in [-0.1, -0.05) is 0 Å². The predicted octanol–water partition coefficient (Wildman–Crippen LogP) is 0.590. The molecule has 0 saturated heterocycles. The van der Waals surface area contributed by atoms with E-state index in [2.05, 4.69) is 4.98 Å². The average molecular weight is 167 g/mol. The van der Waals surface area contributed by atoms with Gasteiger partial charge >= 0.3 is 5.97 Å². The standard InChI is InChI=1S/C8H9NO3/c10-7(5-8(11)12)6-1-3-9-4-2-6/h1-4,7,10H,5H2,(H,11,12)/t7-/m1/s1. The van der Waals surface area contributed by atoms with Crippen molar-refractivity contribution in [3.8, 4) is 0 Å². The molecule has 4 heteroatoms. The Morgan fingerprint density at radius 3 is 2.58 bits per heavy atom. The molecule has 1 aromatic heterocycles. The quantitative estimate of drug-likeness (QED) is 0.691. The lowest BCUT2D eigenvalue weighted by molar-refractivity contribution is -0.139. The van der Waals surface area contributed by atoms with Crippen LogP contribution in [0, 0.1) is 0 Å².